The molecule has 2 aromatic carbocycles. The molecule has 5 rings (SSSR count). The van der Waals surface area contributed by atoms with Crippen LogP contribution >= 0.6 is 0 Å². The molecule has 2 aromatic rings. The van der Waals surface area contributed by atoms with E-state index in [0.29, 0.717) is 17.8 Å². The minimum atomic E-state index is -4.91. The first-order valence-corrected chi connectivity index (χ1v) is 16.2. The van der Waals surface area contributed by atoms with Gasteiger partial charge in [-0.1, -0.05) is 56.9 Å². The summed E-state index contributed by atoms with van der Waals surface area (Å²) in [5.74, 6) is 0.779. The maximum atomic E-state index is 15.3. The number of ether oxygens (including phenoxy) is 1. The molecule has 0 aromatic heterocycles. The molecule has 0 radical (unpaired) electrons. The van der Waals surface area contributed by atoms with Crippen LogP contribution in [0.5, 0.6) is 5.75 Å². The van der Waals surface area contributed by atoms with Crippen LogP contribution in [0, 0.1) is 29.4 Å². The summed E-state index contributed by atoms with van der Waals surface area (Å²) >= 11 is 0. The van der Waals surface area contributed by atoms with Gasteiger partial charge in [-0.25, -0.2) is 8.78 Å². The van der Waals surface area contributed by atoms with Crippen molar-refractivity contribution in [3.8, 4) is 5.75 Å². The Bertz CT molecular complexity index is 1200. The van der Waals surface area contributed by atoms with Gasteiger partial charge in [0, 0.05) is 5.56 Å². The van der Waals surface area contributed by atoms with E-state index in [4.69, 9.17) is 0 Å². The molecular formula is C36H45F5O. The van der Waals surface area contributed by atoms with Gasteiger partial charge < -0.3 is 4.74 Å². The summed E-state index contributed by atoms with van der Waals surface area (Å²) < 4.78 is 70.7. The van der Waals surface area contributed by atoms with Gasteiger partial charge in [-0.05, 0) is 135 Å². The SMILES string of the molecule is CCCCCC1CCC(c2ccc(C3=CCC(C4CCC(c5ccc(OC(F)(F)F)c(F)c5)CC4)CC3)c(F)c2)CC1. The third kappa shape index (κ3) is 7.96. The van der Waals surface area contributed by atoms with Crippen LogP contribution < -0.4 is 4.74 Å². The molecule has 0 bridgehead atoms. The van der Waals surface area contributed by atoms with E-state index in [1.807, 2.05) is 6.07 Å². The lowest BCUT2D eigenvalue weighted by atomic mass is 9.70. The summed E-state index contributed by atoms with van der Waals surface area (Å²) in [6.07, 6.45) is 14.2. The van der Waals surface area contributed by atoms with Gasteiger partial charge in [-0.15, -0.1) is 13.2 Å². The third-order valence-corrected chi connectivity index (χ3v) is 10.4. The van der Waals surface area contributed by atoms with E-state index >= 15 is 4.39 Å². The molecule has 1 unspecified atom stereocenters. The Balaban J connectivity index is 1.11. The van der Waals surface area contributed by atoms with Crippen LogP contribution in [0.25, 0.3) is 5.57 Å². The van der Waals surface area contributed by atoms with Gasteiger partial charge in [0.2, 0.25) is 0 Å². The molecule has 6 heteroatoms. The summed E-state index contributed by atoms with van der Waals surface area (Å²) in [5, 5.41) is 0. The van der Waals surface area contributed by atoms with Crippen LogP contribution in [0.15, 0.2) is 42.5 Å². The standard InChI is InChI=1S/C36H45F5O/c1-2-3-4-5-24-6-8-27(9-7-24)30-18-20-32(33(37)22-30)29-16-14-26(15-17-29)25-10-12-28(13-11-25)31-19-21-35(34(38)23-31)42-36(39,40)41/h16,18-28H,2-15,17H2,1H3. The van der Waals surface area contributed by atoms with E-state index in [1.54, 1.807) is 12.1 Å². The van der Waals surface area contributed by atoms with E-state index in [1.165, 1.54) is 57.4 Å². The average molecular weight is 589 g/mol. The summed E-state index contributed by atoms with van der Waals surface area (Å²) in [7, 11) is 0. The van der Waals surface area contributed by atoms with Crippen LogP contribution in [0.3, 0.4) is 0 Å². The molecule has 0 aliphatic heterocycles. The Labute approximate surface area is 247 Å². The second-order valence-electron chi connectivity index (χ2n) is 13.1. The van der Waals surface area contributed by atoms with Gasteiger partial charge in [0.05, 0.1) is 0 Å². The van der Waals surface area contributed by atoms with Gasteiger partial charge in [-0.3, -0.25) is 0 Å². The first-order valence-electron chi connectivity index (χ1n) is 16.2. The van der Waals surface area contributed by atoms with E-state index in [-0.39, 0.29) is 11.7 Å². The molecule has 0 saturated heterocycles. The normalized spacial score (nSPS) is 27.0. The predicted octanol–water partition coefficient (Wildman–Crippen LogP) is 11.9. The Hall–Kier alpha value is -2.37. The van der Waals surface area contributed by atoms with Crippen LogP contribution in [0.1, 0.15) is 132 Å². The lowest BCUT2D eigenvalue weighted by molar-refractivity contribution is -0.275. The minimum absolute atomic E-state index is 0.0818. The highest BCUT2D eigenvalue weighted by molar-refractivity contribution is 5.67. The summed E-state index contributed by atoms with van der Waals surface area (Å²) in [6.45, 7) is 2.25. The second-order valence-corrected chi connectivity index (χ2v) is 13.1. The summed E-state index contributed by atoms with van der Waals surface area (Å²) in [6, 6.07) is 9.82. The van der Waals surface area contributed by atoms with Crippen molar-refractivity contribution in [1.82, 2.24) is 0 Å². The molecule has 1 nitrogen and oxygen atoms in total. The first-order chi connectivity index (χ1) is 20.2. The van der Waals surface area contributed by atoms with Crippen LogP contribution in [-0.2, 0) is 0 Å². The Kier molecular flexibility index (Phi) is 10.3. The Morgan fingerprint density at radius 1 is 0.738 bits per heavy atom. The van der Waals surface area contributed by atoms with Gasteiger partial charge in [0.25, 0.3) is 0 Å². The molecule has 2 saturated carbocycles. The molecule has 230 valence electrons. The van der Waals surface area contributed by atoms with Crippen molar-refractivity contribution >= 4 is 5.57 Å². The predicted molar refractivity (Wildman–Crippen MR) is 158 cm³/mol. The quantitative estimate of drug-likeness (QED) is 0.209. The monoisotopic (exact) mass is 588 g/mol. The molecule has 0 spiro atoms. The zero-order chi connectivity index (χ0) is 29.7. The summed E-state index contributed by atoms with van der Waals surface area (Å²) in [4.78, 5) is 0. The molecular weight excluding hydrogens is 543 g/mol. The molecule has 0 heterocycles. The minimum Gasteiger partial charge on any atom is -0.403 e. The lowest BCUT2D eigenvalue weighted by Gasteiger charge is -2.36. The number of unbranched alkanes of at least 4 members (excludes halogenated alkanes) is 2. The molecule has 3 aliphatic carbocycles. The maximum absolute atomic E-state index is 15.3. The largest absolute Gasteiger partial charge is 0.573 e. The van der Waals surface area contributed by atoms with Crippen molar-refractivity contribution < 1.29 is 26.7 Å². The van der Waals surface area contributed by atoms with Gasteiger partial charge in [-0.2, -0.15) is 0 Å². The number of benzene rings is 2. The zero-order valence-corrected chi connectivity index (χ0v) is 24.8. The van der Waals surface area contributed by atoms with Crippen LogP contribution in [0.2, 0.25) is 0 Å². The summed E-state index contributed by atoms with van der Waals surface area (Å²) in [5.41, 5.74) is 3.79. The van der Waals surface area contributed by atoms with Crippen molar-refractivity contribution in [2.75, 3.05) is 0 Å². The molecule has 42 heavy (non-hydrogen) atoms. The smallest absolute Gasteiger partial charge is 0.403 e. The van der Waals surface area contributed by atoms with Crippen LogP contribution in [0.4, 0.5) is 22.0 Å². The fourth-order valence-corrected chi connectivity index (χ4v) is 7.94. The molecule has 0 N–H and O–H groups in total. The molecule has 1 atom stereocenters. The number of rotatable bonds is 9. The van der Waals surface area contributed by atoms with Gasteiger partial charge in [0.1, 0.15) is 5.82 Å². The molecule has 0 amide bonds. The number of halogens is 5. The topological polar surface area (TPSA) is 9.23 Å². The second kappa shape index (κ2) is 13.9. The van der Waals surface area contributed by atoms with E-state index in [0.717, 1.165) is 79.2 Å². The maximum Gasteiger partial charge on any atom is 0.573 e. The van der Waals surface area contributed by atoms with E-state index < -0.39 is 17.9 Å². The lowest BCUT2D eigenvalue weighted by Crippen LogP contribution is -2.23. The first kappa shape index (κ1) is 31.1. The third-order valence-electron chi connectivity index (χ3n) is 10.4. The fourth-order valence-electron chi connectivity index (χ4n) is 7.94. The van der Waals surface area contributed by atoms with Crippen molar-refractivity contribution in [1.29, 1.82) is 0 Å². The van der Waals surface area contributed by atoms with Crippen molar-refractivity contribution in [2.45, 2.75) is 121 Å². The average Bonchev–Trinajstić information content (AvgIpc) is 2.98. The highest BCUT2D eigenvalue weighted by atomic mass is 19.4. The number of hydrogen-bond donors (Lipinski definition) is 0. The number of alkyl halides is 3. The van der Waals surface area contributed by atoms with E-state index in [2.05, 4.69) is 23.8 Å². The van der Waals surface area contributed by atoms with Crippen molar-refractivity contribution in [2.24, 2.45) is 17.8 Å². The highest BCUT2D eigenvalue weighted by Crippen LogP contribution is 2.45. The van der Waals surface area contributed by atoms with Crippen molar-refractivity contribution in [3.05, 3.63) is 70.8 Å². The fraction of sp³-hybridized carbons (Fsp3) is 0.611. The molecule has 2 fully saturated rings. The highest BCUT2D eigenvalue weighted by Gasteiger charge is 2.33. The Morgan fingerprint density at radius 3 is 1.95 bits per heavy atom. The van der Waals surface area contributed by atoms with Crippen molar-refractivity contribution in [3.63, 3.8) is 0 Å². The molecule has 3 aliphatic rings. The number of allylic oxidation sites excluding steroid dienone is 2. The van der Waals surface area contributed by atoms with Crippen LogP contribution in [-0.4, -0.2) is 6.36 Å². The zero-order valence-electron chi connectivity index (χ0n) is 24.8. The van der Waals surface area contributed by atoms with Gasteiger partial charge >= 0.3 is 6.36 Å². The number of hydrogen-bond acceptors (Lipinski definition) is 1. The van der Waals surface area contributed by atoms with E-state index in [9.17, 15) is 17.6 Å². The Morgan fingerprint density at radius 2 is 1.38 bits per heavy atom. The van der Waals surface area contributed by atoms with Gasteiger partial charge in [0.15, 0.2) is 11.6 Å².